The number of ether oxygens (including phenoxy) is 1. The number of nitrogens with zero attached hydrogens (tertiary/aromatic N) is 4. The monoisotopic (exact) mass is 379 g/mol. The normalized spacial score (nSPS) is 17.4. The van der Waals surface area contributed by atoms with E-state index in [0.29, 0.717) is 17.1 Å². The fraction of sp³-hybridized carbons (Fsp3) is 0.409. The van der Waals surface area contributed by atoms with E-state index in [1.54, 1.807) is 13.4 Å². The van der Waals surface area contributed by atoms with Gasteiger partial charge in [-0.25, -0.2) is 19.2 Å². The number of aromatic nitrogens is 3. The minimum absolute atomic E-state index is 0.318. The zero-order chi connectivity index (χ0) is 19.6. The summed E-state index contributed by atoms with van der Waals surface area (Å²) in [6.45, 7) is 0.667. The maximum Gasteiger partial charge on any atom is 0.306 e. The number of imidazole rings is 1. The van der Waals surface area contributed by atoms with Crippen molar-refractivity contribution in [2.45, 2.75) is 44.7 Å². The largest absolute Gasteiger partial charge is 0.496 e. The molecule has 2 aliphatic heterocycles. The highest BCUT2D eigenvalue weighted by atomic mass is 16.5. The number of benzene rings is 1. The molecule has 3 aliphatic rings. The van der Waals surface area contributed by atoms with Crippen molar-refractivity contribution in [3.8, 4) is 17.1 Å². The summed E-state index contributed by atoms with van der Waals surface area (Å²) in [5.41, 5.74) is 3.83. The third kappa shape index (κ3) is 3.40. The Balaban J connectivity index is 1.63. The van der Waals surface area contributed by atoms with Crippen LogP contribution in [0.5, 0.6) is 5.75 Å². The summed E-state index contributed by atoms with van der Waals surface area (Å²) in [6, 6.07) is 8.48. The van der Waals surface area contributed by atoms with Crippen molar-refractivity contribution in [1.29, 1.82) is 0 Å². The van der Waals surface area contributed by atoms with Gasteiger partial charge in [0, 0.05) is 42.9 Å². The van der Waals surface area contributed by atoms with Gasteiger partial charge in [-0.1, -0.05) is 6.42 Å². The van der Waals surface area contributed by atoms with E-state index in [1.165, 1.54) is 19.3 Å². The molecule has 146 valence electrons. The molecule has 4 rings (SSSR count). The van der Waals surface area contributed by atoms with Crippen molar-refractivity contribution in [1.82, 2.24) is 19.0 Å². The van der Waals surface area contributed by atoms with Crippen LogP contribution in [0.1, 0.15) is 37.7 Å². The van der Waals surface area contributed by atoms with Crippen LogP contribution < -0.4 is 9.22 Å². The van der Waals surface area contributed by atoms with Gasteiger partial charge in [0.05, 0.1) is 26.4 Å². The third-order valence-electron chi connectivity index (χ3n) is 6.10. The predicted molar refractivity (Wildman–Crippen MR) is 109 cm³/mol. The molecule has 0 aromatic heterocycles. The molecular weight excluding hydrogens is 352 g/mol. The topological polar surface area (TPSA) is 57.0 Å². The first kappa shape index (κ1) is 18.6. The van der Waals surface area contributed by atoms with Crippen molar-refractivity contribution in [2.24, 2.45) is 0 Å². The van der Waals surface area contributed by atoms with Crippen molar-refractivity contribution in [3.05, 3.63) is 48.5 Å². The number of carbonyl (C=O) groups is 1. The number of rotatable bonds is 6. The molecule has 6 heteroatoms. The standard InChI is InChI=1S/C22H27N4O2/c1-26(16-27,18-6-4-3-5-7-18)19-9-8-17(22(12-19)28-2)13-25-11-10-20-21(14-25)24-15-23-20/h8-12,14-16,18H,3-7,13H2,1-2H3/q+1. The van der Waals surface area contributed by atoms with Gasteiger partial charge in [0.2, 0.25) is 0 Å². The number of hydrogen-bond donors (Lipinski definition) is 0. The van der Waals surface area contributed by atoms with Crippen LogP contribution in [-0.2, 0) is 11.3 Å². The van der Waals surface area contributed by atoms with Crippen molar-refractivity contribution in [3.63, 3.8) is 0 Å². The lowest BCUT2D eigenvalue weighted by atomic mass is 9.92. The van der Waals surface area contributed by atoms with Crippen LogP contribution in [0.3, 0.4) is 0 Å². The first-order chi connectivity index (χ1) is 13.6. The molecule has 1 aliphatic carbocycles. The van der Waals surface area contributed by atoms with Crippen LogP contribution in [0.15, 0.2) is 43.0 Å². The fourth-order valence-corrected chi connectivity index (χ4v) is 4.31. The Morgan fingerprint density at radius 1 is 1.18 bits per heavy atom. The quantitative estimate of drug-likeness (QED) is 0.482. The van der Waals surface area contributed by atoms with Gasteiger partial charge in [-0.3, -0.25) is 0 Å². The van der Waals surface area contributed by atoms with Gasteiger partial charge in [0.15, 0.2) is 0 Å². The highest BCUT2D eigenvalue weighted by Crippen LogP contribution is 2.35. The second-order valence-corrected chi connectivity index (χ2v) is 7.80. The molecule has 6 nitrogen and oxygen atoms in total. The molecule has 1 aromatic rings. The number of hydrogen-bond acceptors (Lipinski definition) is 4. The van der Waals surface area contributed by atoms with E-state index >= 15 is 0 Å². The molecule has 1 unspecified atom stereocenters. The summed E-state index contributed by atoms with van der Waals surface area (Å²) >= 11 is 0. The van der Waals surface area contributed by atoms with Crippen LogP contribution in [0.2, 0.25) is 0 Å². The molecule has 0 saturated heterocycles. The number of fused-ring (bicyclic) bond motifs is 1. The third-order valence-corrected chi connectivity index (χ3v) is 6.10. The molecule has 0 spiro atoms. The van der Waals surface area contributed by atoms with E-state index in [1.807, 2.05) is 31.6 Å². The van der Waals surface area contributed by atoms with E-state index in [9.17, 15) is 4.79 Å². The van der Waals surface area contributed by atoms with Gasteiger partial charge in [-0.05, 0) is 25.0 Å². The second-order valence-electron chi connectivity index (χ2n) is 7.80. The number of pyridine rings is 1. The van der Waals surface area contributed by atoms with Gasteiger partial charge >= 0.3 is 6.41 Å². The van der Waals surface area contributed by atoms with Gasteiger partial charge in [-0.2, -0.15) is 0 Å². The van der Waals surface area contributed by atoms with Crippen molar-refractivity contribution in [2.75, 3.05) is 14.2 Å². The number of quaternary nitrogens is 1. The minimum Gasteiger partial charge on any atom is -0.496 e. The summed E-state index contributed by atoms with van der Waals surface area (Å²) in [5, 5.41) is 0. The van der Waals surface area contributed by atoms with Crippen LogP contribution >= 0.6 is 0 Å². The molecule has 1 aromatic carbocycles. The Hall–Kier alpha value is -2.73. The molecule has 0 N–H and O–H groups in total. The summed E-state index contributed by atoms with van der Waals surface area (Å²) in [6.07, 6.45) is 12.5. The first-order valence-corrected chi connectivity index (χ1v) is 9.90. The lowest BCUT2D eigenvalue weighted by Gasteiger charge is -2.37. The van der Waals surface area contributed by atoms with Gasteiger partial charge in [0.25, 0.3) is 0 Å². The molecule has 1 amide bonds. The Kier molecular flexibility index (Phi) is 5.13. The lowest BCUT2D eigenvalue weighted by Crippen LogP contribution is -2.53. The Morgan fingerprint density at radius 3 is 2.71 bits per heavy atom. The zero-order valence-electron chi connectivity index (χ0n) is 16.5. The van der Waals surface area contributed by atoms with Crippen LogP contribution in [-0.4, -0.2) is 41.1 Å². The number of amides is 1. The Labute approximate surface area is 165 Å². The van der Waals surface area contributed by atoms with E-state index in [0.717, 1.165) is 47.6 Å². The summed E-state index contributed by atoms with van der Waals surface area (Å²) in [5.74, 6) is 0.806. The van der Waals surface area contributed by atoms with E-state index < -0.39 is 0 Å². The molecular formula is C22H27N4O2+. The van der Waals surface area contributed by atoms with Gasteiger partial charge < -0.3 is 9.30 Å². The molecule has 2 heterocycles. The number of methoxy groups -OCH3 is 1. The van der Waals surface area contributed by atoms with Crippen LogP contribution in [0.4, 0.5) is 5.69 Å². The minimum atomic E-state index is 0.318. The van der Waals surface area contributed by atoms with E-state index in [4.69, 9.17) is 4.74 Å². The predicted octanol–water partition coefficient (Wildman–Crippen LogP) is 3.87. The van der Waals surface area contributed by atoms with Crippen molar-refractivity contribution < 1.29 is 9.53 Å². The van der Waals surface area contributed by atoms with Crippen LogP contribution in [0, 0.1) is 0 Å². The van der Waals surface area contributed by atoms with E-state index in [-0.39, 0.29) is 0 Å². The molecule has 1 saturated carbocycles. The average molecular weight is 379 g/mol. The fourth-order valence-electron chi connectivity index (χ4n) is 4.31. The summed E-state index contributed by atoms with van der Waals surface area (Å²) < 4.78 is 8.08. The molecule has 1 atom stereocenters. The molecule has 28 heavy (non-hydrogen) atoms. The average Bonchev–Trinajstić information content (AvgIpc) is 3.22. The maximum absolute atomic E-state index is 12.1. The second kappa shape index (κ2) is 7.72. The number of carbonyl (C=O) groups excluding carboxylic acids is 1. The Bertz CT molecular complexity index is 932. The van der Waals surface area contributed by atoms with Gasteiger partial charge in [-0.15, -0.1) is 0 Å². The molecule has 0 bridgehead atoms. The SMILES string of the molecule is COc1cc([N+](C)(C=O)C2CCCCC2)ccc1Cn1ccc2ncnc-2c1. The van der Waals surface area contributed by atoms with Crippen LogP contribution in [0.25, 0.3) is 11.4 Å². The molecule has 0 radical (unpaired) electrons. The first-order valence-electron chi connectivity index (χ1n) is 9.90. The smallest absolute Gasteiger partial charge is 0.306 e. The summed E-state index contributed by atoms with van der Waals surface area (Å²) in [4.78, 5) is 20.6. The summed E-state index contributed by atoms with van der Waals surface area (Å²) in [7, 11) is 3.71. The van der Waals surface area contributed by atoms with Crippen molar-refractivity contribution >= 4 is 12.1 Å². The maximum atomic E-state index is 12.1. The lowest BCUT2D eigenvalue weighted by molar-refractivity contribution is -0.118. The zero-order valence-corrected chi connectivity index (χ0v) is 16.5. The molecule has 1 fully saturated rings. The van der Waals surface area contributed by atoms with E-state index in [2.05, 4.69) is 26.7 Å². The highest BCUT2D eigenvalue weighted by molar-refractivity contribution is 5.71. The van der Waals surface area contributed by atoms with Gasteiger partial charge in [0.1, 0.15) is 29.5 Å². The highest BCUT2D eigenvalue weighted by Gasteiger charge is 2.36. The Morgan fingerprint density at radius 2 is 1.96 bits per heavy atom.